The molecule has 0 radical (unpaired) electrons. The van der Waals surface area contributed by atoms with E-state index in [1.807, 2.05) is 6.07 Å². The summed E-state index contributed by atoms with van der Waals surface area (Å²) in [6.07, 6.45) is 11.0. The second-order valence-corrected chi connectivity index (χ2v) is 14.7. The predicted molar refractivity (Wildman–Crippen MR) is 159 cm³/mol. The van der Waals surface area contributed by atoms with Crippen LogP contribution < -0.4 is 0 Å². The van der Waals surface area contributed by atoms with Crippen molar-refractivity contribution in [3.63, 3.8) is 0 Å². The molecule has 1 aliphatic carbocycles. The molecule has 0 aliphatic heterocycles. The molecule has 1 aliphatic rings. The molecule has 1 saturated carbocycles. The Hall–Kier alpha value is -1.80. The van der Waals surface area contributed by atoms with Crippen molar-refractivity contribution in [3.05, 3.63) is 29.1 Å². The van der Waals surface area contributed by atoms with Crippen molar-refractivity contribution in [2.45, 2.75) is 134 Å². The molecule has 1 unspecified atom stereocenters. The van der Waals surface area contributed by atoms with Gasteiger partial charge in [-0.3, -0.25) is 0 Å². The van der Waals surface area contributed by atoms with Gasteiger partial charge in [-0.05, 0) is 110 Å². The third-order valence-electron chi connectivity index (χ3n) is 10.8. The van der Waals surface area contributed by atoms with Crippen LogP contribution in [0, 0.1) is 62.6 Å². The van der Waals surface area contributed by atoms with Crippen LogP contribution in [0.3, 0.4) is 0 Å². The molecule has 0 spiro atoms. The van der Waals surface area contributed by atoms with Gasteiger partial charge in [-0.15, -0.1) is 0 Å². The maximum absolute atomic E-state index is 9.74. The third-order valence-corrected chi connectivity index (χ3v) is 10.8. The summed E-state index contributed by atoms with van der Waals surface area (Å²) < 4.78 is 0. The first-order chi connectivity index (χ1) is 17.1. The Labute approximate surface area is 230 Å². The molecule has 1 fully saturated rings. The Bertz CT molecular complexity index is 988. The minimum absolute atomic E-state index is 0.0715. The summed E-state index contributed by atoms with van der Waals surface area (Å²) in [5, 5.41) is 9.74. The summed E-state index contributed by atoms with van der Waals surface area (Å²) in [6.45, 7) is 25.9. The van der Waals surface area contributed by atoms with E-state index in [1.54, 1.807) is 0 Å². The highest BCUT2D eigenvalue weighted by Gasteiger charge is 2.38. The van der Waals surface area contributed by atoms with E-state index >= 15 is 0 Å². The highest BCUT2D eigenvalue weighted by Crippen LogP contribution is 2.47. The fraction of sp³-hybridized carbons (Fsp3) is 0.771. The molecule has 1 aromatic heterocycles. The fourth-order valence-corrected chi connectivity index (χ4v) is 5.21. The molecule has 0 amide bonds. The highest BCUT2D eigenvalue weighted by atomic mass is 14.7. The van der Waals surface area contributed by atoms with E-state index in [2.05, 4.69) is 105 Å². The molecule has 0 saturated heterocycles. The molecule has 37 heavy (non-hydrogen) atoms. The molecule has 206 valence electrons. The van der Waals surface area contributed by atoms with Crippen LogP contribution in [0.1, 0.15) is 144 Å². The van der Waals surface area contributed by atoms with Crippen molar-refractivity contribution >= 4 is 0 Å². The molecule has 0 bridgehead atoms. The number of aromatic nitrogens is 1. The third kappa shape index (κ3) is 8.34. The van der Waals surface area contributed by atoms with E-state index in [1.165, 1.54) is 44.9 Å². The maximum Gasteiger partial charge on any atom is 0.145 e. The van der Waals surface area contributed by atoms with E-state index in [9.17, 15) is 5.26 Å². The zero-order valence-corrected chi connectivity index (χ0v) is 26.1. The molecule has 1 aromatic rings. The molecular formula is C35H56N2. The normalized spacial score (nSPS) is 20.0. The van der Waals surface area contributed by atoms with Crippen LogP contribution >= 0.6 is 0 Å². The van der Waals surface area contributed by atoms with Crippen LogP contribution in [-0.4, -0.2) is 4.98 Å². The first-order valence-corrected chi connectivity index (χ1v) is 15.0. The van der Waals surface area contributed by atoms with Gasteiger partial charge in [0.2, 0.25) is 0 Å². The van der Waals surface area contributed by atoms with Gasteiger partial charge in [-0.2, -0.15) is 5.26 Å². The fourth-order valence-electron chi connectivity index (χ4n) is 5.21. The van der Waals surface area contributed by atoms with Crippen LogP contribution in [0.15, 0.2) is 12.1 Å². The number of pyridine rings is 1. The van der Waals surface area contributed by atoms with Crippen LogP contribution in [-0.2, 0) is 6.42 Å². The zero-order chi connectivity index (χ0) is 28.1. The lowest BCUT2D eigenvalue weighted by molar-refractivity contribution is 0.106. The number of hydrogen-bond acceptors (Lipinski definition) is 2. The second kappa shape index (κ2) is 12.4. The summed E-state index contributed by atoms with van der Waals surface area (Å²) in [5.41, 5.74) is 3.04. The van der Waals surface area contributed by atoms with Gasteiger partial charge in [0.15, 0.2) is 0 Å². The van der Waals surface area contributed by atoms with Gasteiger partial charge in [0, 0.05) is 5.41 Å². The van der Waals surface area contributed by atoms with E-state index in [0.717, 1.165) is 30.0 Å². The Morgan fingerprint density at radius 3 is 2.08 bits per heavy atom. The molecule has 0 N–H and O–H groups in total. The minimum atomic E-state index is -0.160. The number of hydrogen-bond donors (Lipinski definition) is 0. The van der Waals surface area contributed by atoms with E-state index in [-0.39, 0.29) is 10.8 Å². The summed E-state index contributed by atoms with van der Waals surface area (Å²) in [6, 6.07) is 6.45. The predicted octanol–water partition coefficient (Wildman–Crippen LogP) is 9.99. The Morgan fingerprint density at radius 1 is 0.919 bits per heavy atom. The summed E-state index contributed by atoms with van der Waals surface area (Å²) in [4.78, 5) is 4.65. The van der Waals surface area contributed by atoms with Crippen LogP contribution in [0.5, 0.6) is 0 Å². The average molecular weight is 505 g/mol. The second-order valence-electron chi connectivity index (χ2n) is 14.7. The Kier molecular flexibility index (Phi) is 10.5. The van der Waals surface area contributed by atoms with Gasteiger partial charge in [0.25, 0.3) is 0 Å². The topological polar surface area (TPSA) is 36.7 Å². The molecule has 1 heterocycles. The van der Waals surface area contributed by atoms with Crippen molar-refractivity contribution in [2.75, 3.05) is 0 Å². The van der Waals surface area contributed by atoms with Crippen molar-refractivity contribution in [3.8, 4) is 17.9 Å². The molecule has 0 aromatic carbocycles. The first kappa shape index (κ1) is 31.4. The molecule has 2 heteroatoms. The minimum Gasteiger partial charge on any atom is -0.228 e. The van der Waals surface area contributed by atoms with Crippen molar-refractivity contribution in [1.29, 1.82) is 5.26 Å². The number of nitrogens with zero attached hydrogens (tertiary/aromatic N) is 2. The van der Waals surface area contributed by atoms with Gasteiger partial charge in [0.1, 0.15) is 17.5 Å². The van der Waals surface area contributed by atoms with Crippen molar-refractivity contribution in [1.82, 2.24) is 4.98 Å². The molecule has 2 rings (SSSR count). The van der Waals surface area contributed by atoms with E-state index in [4.69, 9.17) is 0 Å². The van der Waals surface area contributed by atoms with Gasteiger partial charge in [-0.1, -0.05) is 87.1 Å². The van der Waals surface area contributed by atoms with Crippen molar-refractivity contribution < 1.29 is 0 Å². The lowest BCUT2D eigenvalue weighted by Gasteiger charge is -2.42. The van der Waals surface area contributed by atoms with E-state index < -0.39 is 0 Å². The molecular weight excluding hydrogens is 448 g/mol. The summed E-state index contributed by atoms with van der Waals surface area (Å²) >= 11 is 0. The SMILES string of the molecule is CCC1CC(Cc2ccc(C#CC(C)(C)C(C)(C)CCC(C)(CC)CCC(C)(C)C(C)C)nc2C#N)C1. The lowest BCUT2D eigenvalue weighted by Crippen LogP contribution is -2.33. The summed E-state index contributed by atoms with van der Waals surface area (Å²) in [5.74, 6) is 9.20. The lowest BCUT2D eigenvalue weighted by atomic mass is 9.62. The Balaban J connectivity index is 2.07. The van der Waals surface area contributed by atoms with Crippen LogP contribution in [0.4, 0.5) is 0 Å². The monoisotopic (exact) mass is 504 g/mol. The number of nitriles is 1. The van der Waals surface area contributed by atoms with E-state index in [0.29, 0.717) is 28.4 Å². The van der Waals surface area contributed by atoms with Gasteiger partial charge in [-0.25, -0.2) is 4.98 Å². The van der Waals surface area contributed by atoms with Crippen LogP contribution in [0.2, 0.25) is 0 Å². The smallest absolute Gasteiger partial charge is 0.145 e. The van der Waals surface area contributed by atoms with Gasteiger partial charge < -0.3 is 0 Å². The van der Waals surface area contributed by atoms with Crippen LogP contribution in [0.25, 0.3) is 0 Å². The first-order valence-electron chi connectivity index (χ1n) is 15.0. The Morgan fingerprint density at radius 2 is 1.54 bits per heavy atom. The zero-order valence-electron chi connectivity index (χ0n) is 26.1. The van der Waals surface area contributed by atoms with Crippen molar-refractivity contribution in [2.24, 2.45) is 39.4 Å². The highest BCUT2D eigenvalue weighted by molar-refractivity contribution is 5.39. The number of rotatable bonds is 12. The average Bonchev–Trinajstić information content (AvgIpc) is 2.82. The van der Waals surface area contributed by atoms with Gasteiger partial charge in [0.05, 0.1) is 0 Å². The maximum atomic E-state index is 9.74. The molecule has 1 atom stereocenters. The summed E-state index contributed by atoms with van der Waals surface area (Å²) in [7, 11) is 0. The largest absolute Gasteiger partial charge is 0.228 e. The quantitative estimate of drug-likeness (QED) is 0.265. The standard InChI is InChI=1S/C35H56N2/c1-12-27-22-28(23-27)24-29-14-15-30(37-31(29)25-36)16-17-33(7,8)34(9,10)19-21-35(11,13-2)20-18-32(5,6)26(3)4/h14-15,26-28H,12-13,18-24H2,1-11H3. The molecule has 2 nitrogen and oxygen atoms in total. The van der Waals surface area contributed by atoms with Gasteiger partial charge >= 0.3 is 0 Å².